The topological polar surface area (TPSA) is 78.9 Å². The van der Waals surface area contributed by atoms with Crippen molar-refractivity contribution in [3.05, 3.63) is 60.8 Å². The maximum atomic E-state index is 12.8. The van der Waals surface area contributed by atoms with E-state index in [9.17, 15) is 14.4 Å². The third-order valence-corrected chi connectivity index (χ3v) is 11.8. The quantitative estimate of drug-likeness (QED) is 0.0262. The van der Waals surface area contributed by atoms with Gasteiger partial charge in [0.2, 0.25) is 0 Å². The number of unbranched alkanes of at least 4 members (excludes halogenated alkanes) is 28. The van der Waals surface area contributed by atoms with Crippen LogP contribution in [0.2, 0.25) is 0 Å². The third-order valence-electron chi connectivity index (χ3n) is 11.8. The van der Waals surface area contributed by atoms with Gasteiger partial charge in [-0.15, -0.1) is 0 Å². The van der Waals surface area contributed by atoms with Crippen molar-refractivity contribution in [2.75, 3.05) is 13.2 Å². The number of hydrogen-bond donors (Lipinski definition) is 0. The Balaban J connectivity index is 4.18. The monoisotopic (exact) mass is 895 g/mol. The van der Waals surface area contributed by atoms with Gasteiger partial charge in [-0.05, 0) is 83.5 Å². The molecule has 0 aliphatic carbocycles. The molecule has 1 unspecified atom stereocenters. The third kappa shape index (κ3) is 50.1. The van der Waals surface area contributed by atoms with Gasteiger partial charge in [-0.25, -0.2) is 0 Å². The molecule has 0 aromatic rings. The summed E-state index contributed by atoms with van der Waals surface area (Å²) < 4.78 is 16.8. The van der Waals surface area contributed by atoms with Crippen molar-refractivity contribution < 1.29 is 28.6 Å². The highest BCUT2D eigenvalue weighted by molar-refractivity contribution is 5.71. The van der Waals surface area contributed by atoms with E-state index in [1.807, 2.05) is 0 Å². The van der Waals surface area contributed by atoms with E-state index in [2.05, 4.69) is 81.5 Å². The van der Waals surface area contributed by atoms with Crippen molar-refractivity contribution in [3.63, 3.8) is 0 Å². The molecule has 1 atom stereocenters. The summed E-state index contributed by atoms with van der Waals surface area (Å²) in [5.41, 5.74) is 0. The molecule has 0 spiro atoms. The van der Waals surface area contributed by atoms with E-state index in [1.54, 1.807) is 0 Å². The van der Waals surface area contributed by atoms with Gasteiger partial charge in [0.15, 0.2) is 6.10 Å². The summed E-state index contributed by atoms with van der Waals surface area (Å²) in [7, 11) is 0. The van der Waals surface area contributed by atoms with Crippen molar-refractivity contribution >= 4 is 17.9 Å². The molecular formula is C58H102O6. The maximum absolute atomic E-state index is 12.8. The van der Waals surface area contributed by atoms with Gasteiger partial charge in [-0.1, -0.05) is 229 Å². The Morgan fingerprint density at radius 1 is 0.328 bits per heavy atom. The van der Waals surface area contributed by atoms with Gasteiger partial charge in [-0.2, -0.15) is 0 Å². The highest BCUT2D eigenvalue weighted by Gasteiger charge is 2.19. The Hall–Kier alpha value is -2.89. The van der Waals surface area contributed by atoms with E-state index in [4.69, 9.17) is 14.2 Å². The largest absolute Gasteiger partial charge is 0.462 e. The lowest BCUT2D eigenvalue weighted by atomic mass is 10.0. The maximum Gasteiger partial charge on any atom is 0.306 e. The molecule has 0 aromatic heterocycles. The van der Waals surface area contributed by atoms with E-state index in [-0.39, 0.29) is 31.1 Å². The van der Waals surface area contributed by atoms with E-state index in [0.29, 0.717) is 19.3 Å². The van der Waals surface area contributed by atoms with Crippen LogP contribution in [0.25, 0.3) is 0 Å². The SMILES string of the molecule is CC/C=C\C/C=C\C/C=C\C/C=C\CCCCCCCCCCCCCCC(=O)OCC(COC(=O)CCCCCCCCCCC)OC(=O)CCCCCCC/C=C\CCCCC. The van der Waals surface area contributed by atoms with Crippen molar-refractivity contribution in [2.24, 2.45) is 0 Å². The molecule has 0 bridgehead atoms. The number of hydrogen-bond acceptors (Lipinski definition) is 6. The highest BCUT2D eigenvalue weighted by Crippen LogP contribution is 2.15. The summed E-state index contributed by atoms with van der Waals surface area (Å²) in [4.78, 5) is 37.9. The molecular weight excluding hydrogens is 793 g/mol. The molecule has 0 N–H and O–H groups in total. The lowest BCUT2D eigenvalue weighted by Gasteiger charge is -2.18. The fourth-order valence-corrected chi connectivity index (χ4v) is 7.66. The Kier molecular flexibility index (Phi) is 50.4. The zero-order chi connectivity index (χ0) is 46.5. The number of carbonyl (C=O) groups excluding carboxylic acids is 3. The van der Waals surface area contributed by atoms with Crippen LogP contribution in [-0.2, 0) is 28.6 Å². The number of ether oxygens (including phenoxy) is 3. The van der Waals surface area contributed by atoms with Gasteiger partial charge in [-0.3, -0.25) is 14.4 Å². The second-order valence-corrected chi connectivity index (χ2v) is 18.1. The molecule has 64 heavy (non-hydrogen) atoms. The first-order valence-electron chi connectivity index (χ1n) is 27.3. The summed E-state index contributed by atoms with van der Waals surface area (Å²) >= 11 is 0. The minimum atomic E-state index is -0.774. The van der Waals surface area contributed by atoms with Crippen LogP contribution in [0.15, 0.2) is 60.8 Å². The van der Waals surface area contributed by atoms with Crippen LogP contribution >= 0.6 is 0 Å². The van der Waals surface area contributed by atoms with Crippen molar-refractivity contribution in [1.82, 2.24) is 0 Å². The molecule has 0 saturated heterocycles. The zero-order valence-electron chi connectivity index (χ0n) is 42.3. The molecule has 0 amide bonds. The molecule has 0 fully saturated rings. The molecule has 0 heterocycles. The van der Waals surface area contributed by atoms with Crippen LogP contribution in [-0.4, -0.2) is 37.2 Å². The Bertz CT molecular complexity index is 1170. The normalized spacial score (nSPS) is 12.5. The lowest BCUT2D eigenvalue weighted by Crippen LogP contribution is -2.30. The number of carbonyl (C=O) groups is 3. The van der Waals surface area contributed by atoms with Crippen LogP contribution in [0.1, 0.15) is 271 Å². The van der Waals surface area contributed by atoms with Gasteiger partial charge in [0.1, 0.15) is 13.2 Å². The predicted molar refractivity (Wildman–Crippen MR) is 275 cm³/mol. The van der Waals surface area contributed by atoms with Gasteiger partial charge >= 0.3 is 17.9 Å². The zero-order valence-corrected chi connectivity index (χ0v) is 42.3. The van der Waals surface area contributed by atoms with Gasteiger partial charge in [0, 0.05) is 19.3 Å². The Morgan fingerprint density at radius 2 is 0.609 bits per heavy atom. The van der Waals surface area contributed by atoms with Crippen LogP contribution in [0, 0.1) is 0 Å². The van der Waals surface area contributed by atoms with Crippen LogP contribution in [0.3, 0.4) is 0 Å². The summed E-state index contributed by atoms with van der Waals surface area (Å²) in [5, 5.41) is 0. The average molecular weight is 895 g/mol. The standard InChI is InChI=1S/C58H102O6/c1-4-7-10-13-16-19-21-23-24-25-26-27-28-29-30-31-32-33-34-35-37-39-42-45-48-51-57(60)63-54-55(53-62-56(59)50-47-44-41-38-18-15-12-9-6-3)64-58(61)52-49-46-43-40-36-22-20-17-14-11-8-5-2/h7,10,16-17,19-20,23-24,26-27,55H,4-6,8-9,11-15,18,21-22,25,28-54H2,1-3H3/b10-7-,19-16-,20-17-,24-23-,27-26-. The van der Waals surface area contributed by atoms with Crippen LogP contribution in [0.5, 0.6) is 0 Å². The second kappa shape index (κ2) is 52.7. The van der Waals surface area contributed by atoms with Crippen molar-refractivity contribution in [2.45, 2.75) is 277 Å². The molecule has 0 saturated carbocycles. The number of esters is 3. The first-order valence-corrected chi connectivity index (χ1v) is 27.3. The molecule has 6 heteroatoms. The summed E-state index contributed by atoms with van der Waals surface area (Å²) in [6, 6.07) is 0. The fourth-order valence-electron chi connectivity index (χ4n) is 7.66. The first-order chi connectivity index (χ1) is 31.5. The smallest absolute Gasteiger partial charge is 0.306 e. The Morgan fingerprint density at radius 3 is 1.00 bits per heavy atom. The van der Waals surface area contributed by atoms with E-state index < -0.39 is 6.10 Å². The number of rotatable bonds is 49. The molecule has 370 valence electrons. The van der Waals surface area contributed by atoms with Gasteiger partial charge in [0.05, 0.1) is 0 Å². The number of allylic oxidation sites excluding steroid dienone is 10. The van der Waals surface area contributed by atoms with Crippen LogP contribution in [0.4, 0.5) is 0 Å². The molecule has 0 aromatic carbocycles. The van der Waals surface area contributed by atoms with E-state index in [1.165, 1.54) is 135 Å². The molecule has 0 aliphatic rings. The fraction of sp³-hybridized carbons (Fsp3) is 0.776. The Labute approximate surface area is 396 Å². The van der Waals surface area contributed by atoms with Gasteiger partial charge in [0.25, 0.3) is 0 Å². The first kappa shape index (κ1) is 61.1. The summed E-state index contributed by atoms with van der Waals surface area (Å²) in [6.45, 7) is 6.49. The molecule has 0 radical (unpaired) electrons. The lowest BCUT2D eigenvalue weighted by molar-refractivity contribution is -0.167. The van der Waals surface area contributed by atoms with Crippen molar-refractivity contribution in [1.29, 1.82) is 0 Å². The van der Waals surface area contributed by atoms with Crippen molar-refractivity contribution in [3.8, 4) is 0 Å². The average Bonchev–Trinajstić information content (AvgIpc) is 3.29. The summed E-state index contributed by atoms with van der Waals surface area (Å²) in [5.74, 6) is -0.883. The van der Waals surface area contributed by atoms with E-state index >= 15 is 0 Å². The second-order valence-electron chi connectivity index (χ2n) is 18.1. The highest BCUT2D eigenvalue weighted by atomic mass is 16.6. The molecule has 6 nitrogen and oxygen atoms in total. The molecule has 0 rings (SSSR count). The predicted octanol–water partition coefficient (Wildman–Crippen LogP) is 18.0. The minimum absolute atomic E-state index is 0.0755. The van der Waals surface area contributed by atoms with E-state index in [0.717, 1.165) is 96.3 Å². The minimum Gasteiger partial charge on any atom is -0.462 e. The molecule has 0 aliphatic heterocycles. The van der Waals surface area contributed by atoms with Crippen LogP contribution < -0.4 is 0 Å². The van der Waals surface area contributed by atoms with Gasteiger partial charge < -0.3 is 14.2 Å². The summed E-state index contributed by atoms with van der Waals surface area (Å²) in [6.07, 6.45) is 65.1.